The van der Waals surface area contributed by atoms with Gasteiger partial charge in [0.2, 0.25) is 0 Å². The van der Waals surface area contributed by atoms with Crippen molar-refractivity contribution in [2.24, 2.45) is 0 Å². The Morgan fingerprint density at radius 1 is 1.41 bits per heavy atom. The highest BCUT2D eigenvalue weighted by Gasteiger charge is 2.20. The Morgan fingerprint density at radius 3 is 2.59 bits per heavy atom. The average molecular weight is 254 g/mol. The Balaban J connectivity index is 2.19. The molecule has 0 aliphatic carbocycles. The summed E-state index contributed by atoms with van der Waals surface area (Å²) in [5.41, 5.74) is 1.34. The van der Waals surface area contributed by atoms with E-state index in [4.69, 9.17) is 16.7 Å². The summed E-state index contributed by atoms with van der Waals surface area (Å²) in [6.45, 7) is 2.14. The molecule has 92 valence electrons. The first-order valence-electron chi connectivity index (χ1n) is 5.79. The van der Waals surface area contributed by atoms with Crippen molar-refractivity contribution in [2.45, 2.75) is 18.8 Å². The molecular formula is C13H16ClNO2. The SMILES string of the molecule is CN1CCC(c2ccc(C(=O)O)cc2Cl)CC1. The molecule has 1 fully saturated rings. The van der Waals surface area contributed by atoms with Gasteiger partial charge in [-0.25, -0.2) is 4.79 Å². The molecule has 0 spiro atoms. The van der Waals surface area contributed by atoms with Gasteiger partial charge in [-0.3, -0.25) is 0 Å². The fourth-order valence-corrected chi connectivity index (χ4v) is 2.65. The van der Waals surface area contributed by atoms with E-state index in [0.717, 1.165) is 31.5 Å². The Morgan fingerprint density at radius 2 is 2.06 bits per heavy atom. The fourth-order valence-electron chi connectivity index (χ4n) is 2.31. The van der Waals surface area contributed by atoms with Crippen molar-refractivity contribution in [3.63, 3.8) is 0 Å². The smallest absolute Gasteiger partial charge is 0.335 e. The van der Waals surface area contributed by atoms with Gasteiger partial charge in [0, 0.05) is 5.02 Å². The molecule has 0 saturated carbocycles. The van der Waals surface area contributed by atoms with E-state index < -0.39 is 5.97 Å². The second-order valence-corrected chi connectivity index (χ2v) is 5.03. The van der Waals surface area contributed by atoms with E-state index in [0.29, 0.717) is 10.9 Å². The number of benzene rings is 1. The zero-order chi connectivity index (χ0) is 12.4. The van der Waals surface area contributed by atoms with E-state index in [1.165, 1.54) is 0 Å². The first-order valence-corrected chi connectivity index (χ1v) is 6.17. The molecule has 1 heterocycles. The zero-order valence-corrected chi connectivity index (χ0v) is 10.6. The summed E-state index contributed by atoms with van der Waals surface area (Å²) < 4.78 is 0. The number of aromatic carboxylic acids is 1. The molecule has 1 N–H and O–H groups in total. The lowest BCUT2D eigenvalue weighted by Gasteiger charge is -2.29. The van der Waals surface area contributed by atoms with E-state index in [-0.39, 0.29) is 5.56 Å². The minimum atomic E-state index is -0.929. The molecule has 3 nitrogen and oxygen atoms in total. The second-order valence-electron chi connectivity index (χ2n) is 4.62. The predicted octanol–water partition coefficient (Wildman–Crippen LogP) is 2.85. The van der Waals surface area contributed by atoms with Gasteiger partial charge in [0.25, 0.3) is 0 Å². The first-order chi connectivity index (χ1) is 8.08. The van der Waals surface area contributed by atoms with Crippen LogP contribution in [0.4, 0.5) is 0 Å². The maximum absolute atomic E-state index is 10.8. The minimum Gasteiger partial charge on any atom is -0.478 e. The average Bonchev–Trinajstić information content (AvgIpc) is 2.30. The largest absolute Gasteiger partial charge is 0.478 e. The van der Waals surface area contributed by atoms with E-state index in [1.807, 2.05) is 6.07 Å². The lowest BCUT2D eigenvalue weighted by Crippen LogP contribution is -2.29. The number of carboxylic acids is 1. The fraction of sp³-hybridized carbons (Fsp3) is 0.462. The van der Waals surface area contributed by atoms with Gasteiger partial charge in [-0.2, -0.15) is 0 Å². The molecule has 1 saturated heterocycles. The van der Waals surface area contributed by atoms with Crippen molar-refractivity contribution in [2.75, 3.05) is 20.1 Å². The van der Waals surface area contributed by atoms with Crippen molar-refractivity contribution in [3.05, 3.63) is 34.3 Å². The Bertz CT molecular complexity index is 425. The molecule has 17 heavy (non-hydrogen) atoms. The third-order valence-corrected chi connectivity index (χ3v) is 3.73. The highest BCUT2D eigenvalue weighted by molar-refractivity contribution is 6.31. The van der Waals surface area contributed by atoms with Crippen LogP contribution in [0.15, 0.2) is 18.2 Å². The summed E-state index contributed by atoms with van der Waals surface area (Å²) in [6.07, 6.45) is 2.17. The van der Waals surface area contributed by atoms with Gasteiger partial charge in [0.15, 0.2) is 0 Å². The van der Waals surface area contributed by atoms with Crippen molar-refractivity contribution < 1.29 is 9.90 Å². The zero-order valence-electron chi connectivity index (χ0n) is 9.82. The molecule has 0 unspecified atom stereocenters. The van der Waals surface area contributed by atoms with Crippen LogP contribution in [-0.2, 0) is 0 Å². The third kappa shape index (κ3) is 2.79. The molecule has 0 atom stereocenters. The molecule has 1 aromatic rings. The molecule has 0 amide bonds. The predicted molar refractivity (Wildman–Crippen MR) is 67.9 cm³/mol. The molecule has 1 aliphatic heterocycles. The number of likely N-dealkylation sites (tertiary alicyclic amines) is 1. The van der Waals surface area contributed by atoms with Crippen molar-refractivity contribution >= 4 is 17.6 Å². The van der Waals surface area contributed by atoms with Crippen molar-refractivity contribution in [3.8, 4) is 0 Å². The van der Waals surface area contributed by atoms with Gasteiger partial charge >= 0.3 is 5.97 Å². The van der Waals surface area contributed by atoms with E-state index in [1.54, 1.807) is 12.1 Å². The molecule has 2 rings (SSSR count). The third-order valence-electron chi connectivity index (χ3n) is 3.41. The lowest BCUT2D eigenvalue weighted by molar-refractivity contribution is 0.0697. The van der Waals surface area contributed by atoms with Crippen LogP contribution in [0.2, 0.25) is 5.02 Å². The first kappa shape index (κ1) is 12.4. The summed E-state index contributed by atoms with van der Waals surface area (Å²) in [7, 11) is 2.12. The number of rotatable bonds is 2. The number of hydrogen-bond acceptors (Lipinski definition) is 2. The van der Waals surface area contributed by atoms with Gasteiger partial charge in [0.05, 0.1) is 5.56 Å². The van der Waals surface area contributed by atoms with Crippen LogP contribution >= 0.6 is 11.6 Å². The van der Waals surface area contributed by atoms with Crippen molar-refractivity contribution in [1.29, 1.82) is 0 Å². The summed E-state index contributed by atoms with van der Waals surface area (Å²) in [5, 5.41) is 9.46. The van der Waals surface area contributed by atoms with E-state index >= 15 is 0 Å². The van der Waals surface area contributed by atoms with E-state index in [9.17, 15) is 4.79 Å². The number of carbonyl (C=O) groups is 1. The minimum absolute atomic E-state index is 0.256. The lowest BCUT2D eigenvalue weighted by atomic mass is 9.89. The summed E-state index contributed by atoms with van der Waals surface area (Å²) >= 11 is 6.17. The number of nitrogens with zero attached hydrogens (tertiary/aromatic N) is 1. The standard InChI is InChI=1S/C13H16ClNO2/c1-15-6-4-9(5-7-15)11-3-2-10(13(16)17)8-12(11)14/h2-3,8-9H,4-7H2,1H3,(H,16,17). The Labute approximate surface area is 106 Å². The van der Waals surface area contributed by atoms with Crippen LogP contribution in [0.3, 0.4) is 0 Å². The van der Waals surface area contributed by atoms with Gasteiger partial charge in [-0.05, 0) is 56.6 Å². The molecule has 1 aliphatic rings. The van der Waals surface area contributed by atoms with Crippen LogP contribution in [0.1, 0.15) is 34.7 Å². The van der Waals surface area contributed by atoms with Crippen LogP contribution in [-0.4, -0.2) is 36.1 Å². The molecule has 4 heteroatoms. The van der Waals surface area contributed by atoms with Gasteiger partial charge < -0.3 is 10.0 Å². The van der Waals surface area contributed by atoms with Crippen LogP contribution < -0.4 is 0 Å². The maximum atomic E-state index is 10.8. The number of carboxylic acid groups (broad SMARTS) is 1. The Hall–Kier alpha value is -1.06. The van der Waals surface area contributed by atoms with Crippen molar-refractivity contribution in [1.82, 2.24) is 4.90 Å². The molecular weight excluding hydrogens is 238 g/mol. The summed E-state index contributed by atoms with van der Waals surface area (Å²) in [5.74, 6) is -0.469. The summed E-state index contributed by atoms with van der Waals surface area (Å²) in [4.78, 5) is 13.1. The summed E-state index contributed by atoms with van der Waals surface area (Å²) in [6, 6.07) is 5.06. The maximum Gasteiger partial charge on any atom is 0.335 e. The number of halogens is 1. The van der Waals surface area contributed by atoms with Crippen LogP contribution in [0.5, 0.6) is 0 Å². The molecule has 0 aromatic heterocycles. The topological polar surface area (TPSA) is 40.5 Å². The normalized spacial score (nSPS) is 18.2. The number of piperidine rings is 1. The highest BCUT2D eigenvalue weighted by atomic mass is 35.5. The van der Waals surface area contributed by atoms with Crippen LogP contribution in [0, 0.1) is 0 Å². The molecule has 1 aromatic carbocycles. The quantitative estimate of drug-likeness (QED) is 0.881. The van der Waals surface area contributed by atoms with Crippen LogP contribution in [0.25, 0.3) is 0 Å². The Kier molecular flexibility index (Phi) is 3.69. The molecule has 0 bridgehead atoms. The highest BCUT2D eigenvalue weighted by Crippen LogP contribution is 2.32. The van der Waals surface area contributed by atoms with Gasteiger partial charge in [0.1, 0.15) is 0 Å². The molecule has 0 radical (unpaired) electrons. The second kappa shape index (κ2) is 5.07. The van der Waals surface area contributed by atoms with Gasteiger partial charge in [-0.1, -0.05) is 17.7 Å². The van der Waals surface area contributed by atoms with Gasteiger partial charge in [-0.15, -0.1) is 0 Å². The monoisotopic (exact) mass is 253 g/mol. The van der Waals surface area contributed by atoms with E-state index in [2.05, 4.69) is 11.9 Å². The number of hydrogen-bond donors (Lipinski definition) is 1.